The van der Waals surface area contributed by atoms with Gasteiger partial charge < -0.3 is 14.8 Å². The van der Waals surface area contributed by atoms with Gasteiger partial charge in [0, 0.05) is 22.7 Å². The van der Waals surface area contributed by atoms with Gasteiger partial charge in [-0.2, -0.15) is 0 Å². The molecule has 0 radical (unpaired) electrons. The van der Waals surface area contributed by atoms with Gasteiger partial charge in [-0.05, 0) is 39.8 Å². The van der Waals surface area contributed by atoms with E-state index in [0.717, 1.165) is 11.1 Å². The summed E-state index contributed by atoms with van der Waals surface area (Å²) < 4.78 is 12.9. The number of halogens is 2. The standard InChI is InChI=1S/C19H19Cl2N5O2/c1-3-7-26-19(23-24-25-26)22-11-14-9-17(27-2)18(10-16(14)21)28-12-13-5-4-6-15(20)8-13/h3-6,8-10H,1,7,11-12H2,2H3,(H,22,23,25). The number of tetrazole rings is 1. The molecule has 0 fully saturated rings. The second-order valence-electron chi connectivity index (χ2n) is 5.84. The van der Waals surface area contributed by atoms with Crippen molar-refractivity contribution in [2.45, 2.75) is 19.7 Å². The van der Waals surface area contributed by atoms with E-state index in [1.165, 1.54) is 0 Å². The molecule has 3 aromatic rings. The number of aromatic nitrogens is 4. The van der Waals surface area contributed by atoms with E-state index in [-0.39, 0.29) is 0 Å². The number of methoxy groups -OCH3 is 1. The van der Waals surface area contributed by atoms with Crippen LogP contribution in [0.25, 0.3) is 0 Å². The van der Waals surface area contributed by atoms with Crippen molar-refractivity contribution in [1.29, 1.82) is 0 Å². The van der Waals surface area contributed by atoms with Crippen molar-refractivity contribution in [3.05, 3.63) is 70.2 Å². The van der Waals surface area contributed by atoms with Gasteiger partial charge in [-0.25, -0.2) is 4.68 Å². The maximum absolute atomic E-state index is 6.44. The highest BCUT2D eigenvalue weighted by molar-refractivity contribution is 6.31. The molecule has 2 aromatic carbocycles. The molecule has 1 aromatic heterocycles. The Balaban J connectivity index is 1.71. The number of nitrogens with zero attached hydrogens (tertiary/aromatic N) is 4. The van der Waals surface area contributed by atoms with Crippen LogP contribution in [0.5, 0.6) is 11.5 Å². The third-order valence-corrected chi connectivity index (χ3v) is 4.47. The fraction of sp³-hybridized carbons (Fsp3) is 0.211. The van der Waals surface area contributed by atoms with E-state index in [1.54, 1.807) is 23.9 Å². The fourth-order valence-corrected chi connectivity index (χ4v) is 2.96. The SMILES string of the molecule is C=CCn1nnnc1NCc1cc(OC)c(OCc2cccc(Cl)c2)cc1Cl. The van der Waals surface area contributed by atoms with Crippen molar-refractivity contribution in [2.24, 2.45) is 0 Å². The molecule has 0 amide bonds. The van der Waals surface area contributed by atoms with Gasteiger partial charge in [0.2, 0.25) is 5.95 Å². The zero-order chi connectivity index (χ0) is 19.9. The van der Waals surface area contributed by atoms with Crippen LogP contribution >= 0.6 is 23.2 Å². The van der Waals surface area contributed by atoms with Crippen LogP contribution in [-0.2, 0) is 19.7 Å². The number of hydrogen-bond acceptors (Lipinski definition) is 6. The normalized spacial score (nSPS) is 10.5. The Hall–Kier alpha value is -2.77. The number of anilines is 1. The molecule has 0 atom stereocenters. The van der Waals surface area contributed by atoms with Crippen molar-refractivity contribution in [3.8, 4) is 11.5 Å². The lowest BCUT2D eigenvalue weighted by atomic mass is 10.2. The first-order chi connectivity index (χ1) is 13.6. The lowest BCUT2D eigenvalue weighted by molar-refractivity contribution is 0.284. The van der Waals surface area contributed by atoms with E-state index in [9.17, 15) is 0 Å². The summed E-state index contributed by atoms with van der Waals surface area (Å²) >= 11 is 12.4. The molecule has 0 bridgehead atoms. The van der Waals surface area contributed by atoms with Crippen LogP contribution in [0.3, 0.4) is 0 Å². The van der Waals surface area contributed by atoms with E-state index >= 15 is 0 Å². The van der Waals surface area contributed by atoms with E-state index in [0.29, 0.717) is 47.2 Å². The molecule has 3 rings (SSSR count). The van der Waals surface area contributed by atoms with Gasteiger partial charge in [-0.3, -0.25) is 0 Å². The molecule has 1 heterocycles. The van der Waals surface area contributed by atoms with Crippen LogP contribution in [0.1, 0.15) is 11.1 Å². The summed E-state index contributed by atoms with van der Waals surface area (Å²) in [7, 11) is 1.58. The zero-order valence-corrected chi connectivity index (χ0v) is 16.7. The average molecular weight is 420 g/mol. The smallest absolute Gasteiger partial charge is 0.243 e. The second-order valence-corrected chi connectivity index (χ2v) is 6.68. The summed E-state index contributed by atoms with van der Waals surface area (Å²) in [6.45, 7) is 4.95. The molecule has 0 unspecified atom stereocenters. The molecular weight excluding hydrogens is 401 g/mol. The predicted molar refractivity (Wildman–Crippen MR) is 109 cm³/mol. The van der Waals surface area contributed by atoms with Gasteiger partial charge in [-0.15, -0.1) is 6.58 Å². The maximum Gasteiger partial charge on any atom is 0.243 e. The first kappa shape index (κ1) is 20.0. The minimum absolute atomic E-state index is 0.348. The Morgan fingerprint density at radius 2 is 2.07 bits per heavy atom. The van der Waals surface area contributed by atoms with Crippen LogP contribution in [0, 0.1) is 0 Å². The van der Waals surface area contributed by atoms with Gasteiger partial charge in [0.15, 0.2) is 11.5 Å². The Bertz CT molecular complexity index is 961. The maximum atomic E-state index is 6.44. The van der Waals surface area contributed by atoms with E-state index in [4.69, 9.17) is 32.7 Å². The molecule has 9 heteroatoms. The third kappa shape index (κ3) is 4.94. The summed E-state index contributed by atoms with van der Waals surface area (Å²) in [4.78, 5) is 0. The second kappa shape index (κ2) is 9.43. The average Bonchev–Trinajstić information content (AvgIpc) is 3.13. The molecule has 1 N–H and O–H groups in total. The Labute approximate surface area is 172 Å². The first-order valence-electron chi connectivity index (χ1n) is 8.45. The first-order valence-corrected chi connectivity index (χ1v) is 9.21. The molecule has 0 spiro atoms. The number of allylic oxidation sites excluding steroid dienone is 1. The van der Waals surface area contributed by atoms with Crippen molar-refractivity contribution in [3.63, 3.8) is 0 Å². The van der Waals surface area contributed by atoms with Crippen molar-refractivity contribution < 1.29 is 9.47 Å². The Morgan fingerprint density at radius 1 is 1.21 bits per heavy atom. The number of rotatable bonds is 9. The minimum atomic E-state index is 0.348. The summed E-state index contributed by atoms with van der Waals surface area (Å²) in [5.74, 6) is 1.65. The van der Waals surface area contributed by atoms with Gasteiger partial charge in [0.05, 0.1) is 13.7 Å². The molecule has 0 aliphatic rings. The number of ether oxygens (including phenoxy) is 2. The Morgan fingerprint density at radius 3 is 2.82 bits per heavy atom. The predicted octanol–water partition coefficient (Wildman–Crippen LogP) is 4.37. The fourth-order valence-electron chi connectivity index (χ4n) is 2.52. The molecule has 0 saturated heterocycles. The van der Waals surface area contributed by atoms with Crippen molar-refractivity contribution in [1.82, 2.24) is 20.2 Å². The molecular formula is C19H19Cl2N5O2. The highest BCUT2D eigenvalue weighted by Crippen LogP contribution is 2.34. The topological polar surface area (TPSA) is 74.1 Å². The molecule has 28 heavy (non-hydrogen) atoms. The zero-order valence-electron chi connectivity index (χ0n) is 15.2. The highest BCUT2D eigenvalue weighted by Gasteiger charge is 2.12. The van der Waals surface area contributed by atoms with E-state index < -0.39 is 0 Å². The summed E-state index contributed by atoms with van der Waals surface area (Å²) in [6.07, 6.45) is 1.71. The summed E-state index contributed by atoms with van der Waals surface area (Å²) in [5, 5.41) is 15.8. The van der Waals surface area contributed by atoms with E-state index in [1.807, 2.05) is 30.3 Å². The van der Waals surface area contributed by atoms with Crippen LogP contribution in [0.15, 0.2) is 49.1 Å². The van der Waals surface area contributed by atoms with Crippen LogP contribution in [0.2, 0.25) is 10.0 Å². The van der Waals surface area contributed by atoms with Crippen molar-refractivity contribution >= 4 is 29.2 Å². The van der Waals surface area contributed by atoms with Gasteiger partial charge >= 0.3 is 0 Å². The number of nitrogens with one attached hydrogen (secondary N) is 1. The summed E-state index contributed by atoms with van der Waals surface area (Å²) in [5.41, 5.74) is 1.77. The minimum Gasteiger partial charge on any atom is -0.493 e. The highest BCUT2D eigenvalue weighted by atomic mass is 35.5. The number of benzene rings is 2. The largest absolute Gasteiger partial charge is 0.493 e. The third-order valence-electron chi connectivity index (χ3n) is 3.89. The molecule has 7 nitrogen and oxygen atoms in total. The van der Waals surface area contributed by atoms with Gasteiger partial charge in [0.25, 0.3) is 0 Å². The van der Waals surface area contributed by atoms with Gasteiger partial charge in [0.1, 0.15) is 6.61 Å². The molecule has 0 saturated carbocycles. The van der Waals surface area contributed by atoms with Crippen molar-refractivity contribution in [2.75, 3.05) is 12.4 Å². The quantitative estimate of drug-likeness (QED) is 0.519. The van der Waals surface area contributed by atoms with E-state index in [2.05, 4.69) is 27.4 Å². The summed E-state index contributed by atoms with van der Waals surface area (Å²) in [6, 6.07) is 11.0. The number of hydrogen-bond donors (Lipinski definition) is 1. The molecule has 146 valence electrons. The Kier molecular flexibility index (Phi) is 6.73. The van der Waals surface area contributed by atoms with Crippen LogP contribution in [-0.4, -0.2) is 27.3 Å². The van der Waals surface area contributed by atoms with Gasteiger partial charge in [-0.1, -0.05) is 46.5 Å². The lowest BCUT2D eigenvalue weighted by Gasteiger charge is -2.14. The lowest BCUT2D eigenvalue weighted by Crippen LogP contribution is -2.09. The van der Waals surface area contributed by atoms with Crippen LogP contribution in [0.4, 0.5) is 5.95 Å². The van der Waals surface area contributed by atoms with Crippen LogP contribution < -0.4 is 14.8 Å². The molecule has 0 aliphatic carbocycles. The molecule has 0 aliphatic heterocycles. The monoisotopic (exact) mass is 419 g/mol.